The van der Waals surface area contributed by atoms with Crippen molar-refractivity contribution in [2.75, 3.05) is 0 Å². The van der Waals surface area contributed by atoms with Crippen molar-refractivity contribution in [1.82, 2.24) is 5.32 Å². The fourth-order valence-electron chi connectivity index (χ4n) is 1.53. The lowest BCUT2D eigenvalue weighted by molar-refractivity contribution is -0.271. The third kappa shape index (κ3) is 2.22. The molecule has 1 aliphatic rings. The van der Waals surface area contributed by atoms with Gasteiger partial charge in [0.1, 0.15) is 0 Å². The molecule has 1 fully saturated rings. The molecule has 1 aliphatic carbocycles. The molecule has 0 aromatic rings. The number of amides is 1. The molecule has 0 heterocycles. The second-order valence-electron chi connectivity index (χ2n) is 4.67. The summed E-state index contributed by atoms with van der Waals surface area (Å²) >= 11 is 0. The van der Waals surface area contributed by atoms with Crippen LogP contribution in [0.4, 0.5) is 22.0 Å². The summed E-state index contributed by atoms with van der Waals surface area (Å²) in [5.41, 5.74) is -0.905. The van der Waals surface area contributed by atoms with Gasteiger partial charge in [0.2, 0.25) is 0 Å². The molecule has 0 aromatic heterocycles. The lowest BCUT2D eigenvalue weighted by atomic mass is 9.64. The van der Waals surface area contributed by atoms with Crippen molar-refractivity contribution in [2.45, 2.75) is 44.5 Å². The summed E-state index contributed by atoms with van der Waals surface area (Å²) in [5.74, 6) is -7.79. The molecule has 1 amide bonds. The molecule has 0 aliphatic heterocycles. The molecule has 2 N–H and O–H groups in total. The summed E-state index contributed by atoms with van der Waals surface area (Å²) < 4.78 is 60.8. The van der Waals surface area contributed by atoms with E-state index in [1.165, 1.54) is 13.8 Å². The zero-order valence-electron chi connectivity index (χ0n) is 9.11. The van der Waals surface area contributed by atoms with E-state index in [9.17, 15) is 31.9 Å². The van der Waals surface area contributed by atoms with Crippen molar-refractivity contribution in [3.8, 4) is 0 Å². The number of hydrogen-bond donors (Lipinski definition) is 2. The largest absolute Gasteiger partial charge is 0.463 e. The number of hydrogen-bond acceptors (Lipinski definition) is 2. The molecule has 100 valence electrons. The van der Waals surface area contributed by atoms with Gasteiger partial charge in [0, 0.05) is 11.5 Å². The normalized spacial score (nSPS) is 28.5. The van der Waals surface area contributed by atoms with Crippen molar-refractivity contribution in [2.24, 2.45) is 5.41 Å². The van der Waals surface area contributed by atoms with Crippen LogP contribution in [0.15, 0.2) is 0 Å². The van der Waals surface area contributed by atoms with Crippen LogP contribution in [0.1, 0.15) is 20.3 Å². The Morgan fingerprint density at radius 1 is 1.29 bits per heavy atom. The molecule has 3 nitrogen and oxygen atoms in total. The van der Waals surface area contributed by atoms with Gasteiger partial charge >= 0.3 is 18.0 Å². The van der Waals surface area contributed by atoms with Gasteiger partial charge in [-0.05, 0) is 6.42 Å². The topological polar surface area (TPSA) is 49.3 Å². The van der Waals surface area contributed by atoms with E-state index in [0.29, 0.717) is 0 Å². The Labute approximate surface area is 94.0 Å². The average molecular weight is 261 g/mol. The summed E-state index contributed by atoms with van der Waals surface area (Å²) in [7, 11) is 0. The average Bonchev–Trinajstić information content (AvgIpc) is 2.15. The van der Waals surface area contributed by atoms with Crippen LogP contribution in [0.5, 0.6) is 0 Å². The predicted molar refractivity (Wildman–Crippen MR) is 47.3 cm³/mol. The third-order valence-corrected chi connectivity index (χ3v) is 3.16. The fourth-order valence-corrected chi connectivity index (χ4v) is 1.53. The molecule has 2 unspecified atom stereocenters. The SMILES string of the molecule is CC1(C)C(O)CC1NC(=O)C(F)(F)C(F)(F)F. The van der Waals surface area contributed by atoms with E-state index in [2.05, 4.69) is 0 Å². The molecule has 0 radical (unpaired) electrons. The highest BCUT2D eigenvalue weighted by molar-refractivity contribution is 5.84. The minimum absolute atomic E-state index is 0.0350. The quantitative estimate of drug-likeness (QED) is 0.739. The molecule has 8 heteroatoms. The minimum atomic E-state index is -5.91. The molecular weight excluding hydrogens is 249 g/mol. The van der Waals surface area contributed by atoms with Gasteiger partial charge < -0.3 is 10.4 Å². The smallest absolute Gasteiger partial charge is 0.392 e. The summed E-state index contributed by atoms with van der Waals surface area (Å²) in [6.45, 7) is 2.94. The van der Waals surface area contributed by atoms with E-state index < -0.39 is 35.6 Å². The van der Waals surface area contributed by atoms with Gasteiger partial charge in [0.15, 0.2) is 0 Å². The van der Waals surface area contributed by atoms with Crippen molar-refractivity contribution in [3.05, 3.63) is 0 Å². The number of nitrogens with one attached hydrogen (secondary N) is 1. The molecule has 0 bridgehead atoms. The van der Waals surface area contributed by atoms with Gasteiger partial charge in [-0.15, -0.1) is 0 Å². The number of carbonyl (C=O) groups excluding carboxylic acids is 1. The van der Waals surface area contributed by atoms with Crippen LogP contribution in [0.3, 0.4) is 0 Å². The Bertz CT molecular complexity index is 326. The highest BCUT2D eigenvalue weighted by Crippen LogP contribution is 2.42. The van der Waals surface area contributed by atoms with Crippen molar-refractivity contribution in [1.29, 1.82) is 0 Å². The van der Waals surface area contributed by atoms with Gasteiger partial charge in [-0.25, -0.2) is 0 Å². The Kier molecular flexibility index (Phi) is 3.15. The van der Waals surface area contributed by atoms with Crippen molar-refractivity contribution >= 4 is 5.91 Å². The summed E-state index contributed by atoms with van der Waals surface area (Å²) in [6, 6.07) is -0.891. The van der Waals surface area contributed by atoms with Crippen molar-refractivity contribution in [3.63, 3.8) is 0 Å². The van der Waals surface area contributed by atoms with E-state index in [-0.39, 0.29) is 6.42 Å². The lowest BCUT2D eigenvalue weighted by Gasteiger charge is -2.49. The third-order valence-electron chi connectivity index (χ3n) is 3.16. The van der Waals surface area contributed by atoms with E-state index in [0.717, 1.165) is 0 Å². The first-order valence-corrected chi connectivity index (χ1v) is 4.84. The van der Waals surface area contributed by atoms with Gasteiger partial charge in [0.25, 0.3) is 0 Å². The number of carbonyl (C=O) groups is 1. The first kappa shape index (κ1) is 14.1. The minimum Gasteiger partial charge on any atom is -0.392 e. The number of aliphatic hydroxyl groups excluding tert-OH is 1. The van der Waals surface area contributed by atoms with Gasteiger partial charge in [-0.3, -0.25) is 4.79 Å². The molecule has 1 rings (SSSR count). The van der Waals surface area contributed by atoms with Crippen LogP contribution in [-0.2, 0) is 4.79 Å². The van der Waals surface area contributed by atoms with Crippen LogP contribution in [-0.4, -0.2) is 35.3 Å². The van der Waals surface area contributed by atoms with Crippen molar-refractivity contribution < 1.29 is 31.9 Å². The molecule has 0 spiro atoms. The maximum absolute atomic E-state index is 12.6. The van der Waals surface area contributed by atoms with E-state index in [4.69, 9.17) is 0 Å². The highest BCUT2D eigenvalue weighted by Gasteiger charge is 2.64. The maximum Gasteiger partial charge on any atom is 0.463 e. The van der Waals surface area contributed by atoms with E-state index >= 15 is 0 Å². The van der Waals surface area contributed by atoms with E-state index in [1.807, 2.05) is 0 Å². The molecule has 1 saturated carbocycles. The summed E-state index contributed by atoms with van der Waals surface area (Å²) in [4.78, 5) is 10.8. The van der Waals surface area contributed by atoms with Crippen LogP contribution < -0.4 is 5.32 Å². The number of aliphatic hydroxyl groups is 1. The lowest BCUT2D eigenvalue weighted by Crippen LogP contribution is -2.64. The summed E-state index contributed by atoms with van der Waals surface area (Å²) in [5, 5.41) is 10.9. The van der Waals surface area contributed by atoms with E-state index in [1.54, 1.807) is 5.32 Å². The zero-order valence-corrected chi connectivity index (χ0v) is 9.11. The standard InChI is InChI=1S/C9H12F5NO2/c1-7(2)4(3-5(7)16)15-6(17)8(10,11)9(12,13)14/h4-5,16H,3H2,1-2H3,(H,15,17). The number of halogens is 5. The Hall–Kier alpha value is -0.920. The molecule has 0 aromatic carbocycles. The molecule has 0 saturated heterocycles. The van der Waals surface area contributed by atoms with Crippen LogP contribution >= 0.6 is 0 Å². The molecule has 2 atom stereocenters. The molecule has 17 heavy (non-hydrogen) atoms. The predicted octanol–water partition coefficient (Wildman–Crippen LogP) is 1.46. The van der Waals surface area contributed by atoms with Crippen LogP contribution in [0, 0.1) is 5.41 Å². The van der Waals surface area contributed by atoms with Crippen LogP contribution in [0.2, 0.25) is 0 Å². The van der Waals surface area contributed by atoms with Gasteiger partial charge in [-0.1, -0.05) is 13.8 Å². The van der Waals surface area contributed by atoms with Gasteiger partial charge in [0.05, 0.1) is 6.10 Å². The fraction of sp³-hybridized carbons (Fsp3) is 0.889. The second kappa shape index (κ2) is 3.79. The Morgan fingerprint density at radius 3 is 2.06 bits per heavy atom. The first-order valence-electron chi connectivity index (χ1n) is 4.84. The maximum atomic E-state index is 12.6. The van der Waals surface area contributed by atoms with Gasteiger partial charge in [-0.2, -0.15) is 22.0 Å². The number of rotatable bonds is 2. The van der Waals surface area contributed by atoms with Crippen LogP contribution in [0.25, 0.3) is 0 Å². The second-order valence-corrected chi connectivity index (χ2v) is 4.67. The monoisotopic (exact) mass is 261 g/mol. The Balaban J connectivity index is 2.69. The zero-order chi connectivity index (χ0) is 13.6. The summed E-state index contributed by atoms with van der Waals surface area (Å²) in [6.07, 6.45) is -6.77. The Morgan fingerprint density at radius 2 is 1.76 bits per heavy atom. The first-order chi connectivity index (χ1) is 7.40. The molecular formula is C9H12F5NO2. The number of alkyl halides is 5. The highest BCUT2D eigenvalue weighted by atomic mass is 19.4.